The molecule has 1 aliphatic rings. The van der Waals surface area contributed by atoms with Gasteiger partial charge in [0.2, 0.25) is 0 Å². The molecule has 0 spiro atoms. The SMILES string of the molecule is CC1CCC(OCC(O)CO)C(C)C1. The second-order valence-electron chi connectivity index (χ2n) is 4.60. The van der Waals surface area contributed by atoms with Gasteiger partial charge in [-0.2, -0.15) is 0 Å². The molecule has 1 aliphatic carbocycles. The first-order chi connectivity index (χ1) is 6.63. The zero-order valence-electron chi connectivity index (χ0n) is 9.15. The van der Waals surface area contributed by atoms with E-state index in [2.05, 4.69) is 13.8 Å². The van der Waals surface area contributed by atoms with Crippen molar-refractivity contribution in [3.8, 4) is 0 Å². The Morgan fingerprint density at radius 3 is 2.64 bits per heavy atom. The van der Waals surface area contributed by atoms with Gasteiger partial charge in [0.25, 0.3) is 0 Å². The van der Waals surface area contributed by atoms with Gasteiger partial charge in [0.15, 0.2) is 0 Å². The van der Waals surface area contributed by atoms with E-state index in [9.17, 15) is 0 Å². The molecule has 2 N–H and O–H groups in total. The second-order valence-corrected chi connectivity index (χ2v) is 4.60. The van der Waals surface area contributed by atoms with E-state index in [4.69, 9.17) is 14.9 Å². The van der Waals surface area contributed by atoms with Gasteiger partial charge in [0.1, 0.15) is 6.10 Å². The molecule has 4 unspecified atom stereocenters. The highest BCUT2D eigenvalue weighted by Crippen LogP contribution is 2.30. The lowest BCUT2D eigenvalue weighted by atomic mass is 9.81. The molecule has 1 saturated carbocycles. The summed E-state index contributed by atoms with van der Waals surface area (Å²) in [6.07, 6.45) is 3.05. The minimum absolute atomic E-state index is 0.211. The Bertz CT molecular complexity index is 161. The maximum atomic E-state index is 9.15. The Balaban J connectivity index is 2.24. The normalized spacial score (nSPS) is 35.6. The van der Waals surface area contributed by atoms with Crippen molar-refractivity contribution in [3.05, 3.63) is 0 Å². The summed E-state index contributed by atoms with van der Waals surface area (Å²) in [5.74, 6) is 1.37. The van der Waals surface area contributed by atoms with Gasteiger partial charge in [-0.15, -0.1) is 0 Å². The average Bonchev–Trinajstić information content (AvgIpc) is 2.16. The smallest absolute Gasteiger partial charge is 0.100 e. The van der Waals surface area contributed by atoms with E-state index in [1.165, 1.54) is 12.8 Å². The highest BCUT2D eigenvalue weighted by molar-refractivity contribution is 4.76. The fourth-order valence-electron chi connectivity index (χ4n) is 2.17. The van der Waals surface area contributed by atoms with Crippen molar-refractivity contribution in [1.29, 1.82) is 0 Å². The van der Waals surface area contributed by atoms with E-state index in [1.54, 1.807) is 0 Å². The lowest BCUT2D eigenvalue weighted by molar-refractivity contribution is -0.0633. The number of rotatable bonds is 4. The fourth-order valence-corrected chi connectivity index (χ4v) is 2.17. The topological polar surface area (TPSA) is 49.7 Å². The van der Waals surface area contributed by atoms with E-state index in [-0.39, 0.29) is 19.3 Å². The molecular formula is C11H22O3. The predicted octanol–water partition coefficient (Wildman–Crippen LogP) is 1.18. The maximum Gasteiger partial charge on any atom is 0.100 e. The van der Waals surface area contributed by atoms with Crippen LogP contribution in [-0.2, 0) is 4.74 Å². The Morgan fingerprint density at radius 2 is 2.07 bits per heavy atom. The Labute approximate surface area is 86.1 Å². The third-order valence-corrected chi connectivity index (χ3v) is 3.07. The summed E-state index contributed by atoms with van der Waals surface area (Å²) in [4.78, 5) is 0. The van der Waals surface area contributed by atoms with Gasteiger partial charge in [-0.25, -0.2) is 0 Å². The Hall–Kier alpha value is -0.120. The third-order valence-electron chi connectivity index (χ3n) is 3.07. The number of aliphatic hydroxyl groups is 2. The molecule has 0 heterocycles. The summed E-state index contributed by atoms with van der Waals surface area (Å²) >= 11 is 0. The van der Waals surface area contributed by atoms with Crippen LogP contribution in [0, 0.1) is 11.8 Å². The lowest BCUT2D eigenvalue weighted by Crippen LogP contribution is -2.32. The van der Waals surface area contributed by atoms with E-state index in [1.807, 2.05) is 0 Å². The summed E-state index contributed by atoms with van der Waals surface area (Å²) in [6, 6.07) is 0. The van der Waals surface area contributed by atoms with Gasteiger partial charge in [-0.3, -0.25) is 0 Å². The maximum absolute atomic E-state index is 9.15. The summed E-state index contributed by atoms with van der Waals surface area (Å²) in [6.45, 7) is 4.53. The van der Waals surface area contributed by atoms with E-state index in [0.717, 1.165) is 12.3 Å². The first-order valence-corrected chi connectivity index (χ1v) is 5.54. The van der Waals surface area contributed by atoms with E-state index in [0.29, 0.717) is 5.92 Å². The van der Waals surface area contributed by atoms with Crippen LogP contribution >= 0.6 is 0 Å². The molecule has 0 saturated heterocycles. The summed E-state index contributed by atoms with van der Waals surface area (Å²) in [5, 5.41) is 17.8. The molecule has 4 atom stereocenters. The van der Waals surface area contributed by atoms with Gasteiger partial charge in [-0.05, 0) is 31.1 Å². The van der Waals surface area contributed by atoms with E-state index >= 15 is 0 Å². The average molecular weight is 202 g/mol. The van der Waals surface area contributed by atoms with Gasteiger partial charge in [-0.1, -0.05) is 13.8 Å². The number of ether oxygens (including phenoxy) is 1. The van der Waals surface area contributed by atoms with Crippen LogP contribution in [-0.4, -0.2) is 35.6 Å². The van der Waals surface area contributed by atoms with Crippen LogP contribution < -0.4 is 0 Å². The summed E-state index contributed by atoms with van der Waals surface area (Å²) in [5.41, 5.74) is 0. The van der Waals surface area contributed by atoms with Crippen LogP contribution in [0.15, 0.2) is 0 Å². The fraction of sp³-hybridized carbons (Fsp3) is 1.00. The predicted molar refractivity (Wildman–Crippen MR) is 55.0 cm³/mol. The van der Waals surface area contributed by atoms with Crippen LogP contribution in [0.2, 0.25) is 0 Å². The monoisotopic (exact) mass is 202 g/mol. The Kier molecular flexibility index (Phi) is 4.85. The first-order valence-electron chi connectivity index (χ1n) is 5.54. The van der Waals surface area contributed by atoms with Crippen molar-refractivity contribution in [1.82, 2.24) is 0 Å². The van der Waals surface area contributed by atoms with Gasteiger partial charge in [0, 0.05) is 0 Å². The molecule has 0 aromatic carbocycles. The molecule has 3 heteroatoms. The van der Waals surface area contributed by atoms with Crippen LogP contribution in [0.4, 0.5) is 0 Å². The molecule has 14 heavy (non-hydrogen) atoms. The highest BCUT2D eigenvalue weighted by Gasteiger charge is 2.26. The number of aliphatic hydroxyl groups excluding tert-OH is 2. The zero-order chi connectivity index (χ0) is 10.6. The second kappa shape index (κ2) is 5.69. The largest absolute Gasteiger partial charge is 0.394 e. The molecule has 0 radical (unpaired) electrons. The lowest BCUT2D eigenvalue weighted by Gasteiger charge is -2.32. The van der Waals surface area contributed by atoms with Crippen molar-refractivity contribution < 1.29 is 14.9 Å². The van der Waals surface area contributed by atoms with Gasteiger partial charge in [0.05, 0.1) is 19.3 Å². The molecule has 0 amide bonds. The van der Waals surface area contributed by atoms with Crippen molar-refractivity contribution in [2.24, 2.45) is 11.8 Å². The van der Waals surface area contributed by atoms with Crippen molar-refractivity contribution in [2.45, 2.75) is 45.3 Å². The molecule has 0 aromatic heterocycles. The third kappa shape index (κ3) is 3.56. The molecular weight excluding hydrogens is 180 g/mol. The van der Waals surface area contributed by atoms with Gasteiger partial charge < -0.3 is 14.9 Å². The van der Waals surface area contributed by atoms with Crippen LogP contribution in [0.5, 0.6) is 0 Å². The standard InChI is InChI=1S/C11H22O3/c1-8-3-4-11(9(2)5-8)14-7-10(13)6-12/h8-13H,3-7H2,1-2H3. The first kappa shape index (κ1) is 12.0. The minimum Gasteiger partial charge on any atom is -0.394 e. The molecule has 0 aromatic rings. The molecule has 0 aliphatic heterocycles. The number of hydrogen-bond acceptors (Lipinski definition) is 3. The van der Waals surface area contributed by atoms with Crippen LogP contribution in [0.1, 0.15) is 33.1 Å². The molecule has 1 fully saturated rings. The molecule has 0 bridgehead atoms. The summed E-state index contributed by atoms with van der Waals surface area (Å²) in [7, 11) is 0. The molecule has 84 valence electrons. The van der Waals surface area contributed by atoms with Crippen LogP contribution in [0.3, 0.4) is 0 Å². The number of hydrogen-bond donors (Lipinski definition) is 2. The highest BCUT2D eigenvalue weighted by atomic mass is 16.5. The van der Waals surface area contributed by atoms with Crippen LogP contribution in [0.25, 0.3) is 0 Å². The van der Waals surface area contributed by atoms with Crippen molar-refractivity contribution in [3.63, 3.8) is 0 Å². The van der Waals surface area contributed by atoms with Gasteiger partial charge >= 0.3 is 0 Å². The minimum atomic E-state index is -0.721. The zero-order valence-corrected chi connectivity index (χ0v) is 9.15. The molecule has 3 nitrogen and oxygen atoms in total. The van der Waals surface area contributed by atoms with Crippen molar-refractivity contribution in [2.75, 3.05) is 13.2 Å². The molecule has 1 rings (SSSR count). The van der Waals surface area contributed by atoms with Crippen molar-refractivity contribution >= 4 is 0 Å². The quantitative estimate of drug-likeness (QED) is 0.719. The van der Waals surface area contributed by atoms with E-state index < -0.39 is 6.10 Å². The summed E-state index contributed by atoms with van der Waals surface area (Å²) < 4.78 is 5.59. The Morgan fingerprint density at radius 1 is 1.36 bits per heavy atom.